The van der Waals surface area contributed by atoms with Gasteiger partial charge in [0.2, 0.25) is 0 Å². The standard InChI is InChI=1S/C15H15F3N2O/c1-8-7-11(15(16,17)18)5-6-12(8)14(21)13-9(2)19-20(4)10(13)3/h5-7H,1-4H3. The lowest BCUT2D eigenvalue weighted by Crippen LogP contribution is -2.10. The Bertz CT molecular complexity index is 714. The minimum atomic E-state index is -4.41. The van der Waals surface area contributed by atoms with Crippen LogP contribution in [0.5, 0.6) is 0 Å². The molecule has 0 aliphatic heterocycles. The Hall–Kier alpha value is -2.11. The molecule has 112 valence electrons. The third kappa shape index (κ3) is 2.70. The molecule has 0 radical (unpaired) electrons. The fourth-order valence-corrected chi connectivity index (χ4v) is 2.33. The van der Waals surface area contributed by atoms with Crippen molar-refractivity contribution in [1.82, 2.24) is 9.78 Å². The number of benzene rings is 1. The first-order valence-corrected chi connectivity index (χ1v) is 6.35. The van der Waals surface area contributed by atoms with Gasteiger partial charge in [-0.3, -0.25) is 9.48 Å². The molecular formula is C15H15F3N2O. The number of nitrogens with zero attached hydrogens (tertiary/aromatic N) is 2. The van der Waals surface area contributed by atoms with E-state index >= 15 is 0 Å². The van der Waals surface area contributed by atoms with Gasteiger partial charge in [0.15, 0.2) is 5.78 Å². The van der Waals surface area contributed by atoms with Crippen molar-refractivity contribution < 1.29 is 18.0 Å². The van der Waals surface area contributed by atoms with E-state index in [0.717, 1.165) is 12.1 Å². The van der Waals surface area contributed by atoms with Crippen LogP contribution in [0.4, 0.5) is 13.2 Å². The van der Waals surface area contributed by atoms with Crippen LogP contribution < -0.4 is 0 Å². The second kappa shape index (κ2) is 5.02. The van der Waals surface area contributed by atoms with E-state index in [4.69, 9.17) is 0 Å². The smallest absolute Gasteiger partial charge is 0.288 e. The van der Waals surface area contributed by atoms with Gasteiger partial charge < -0.3 is 0 Å². The van der Waals surface area contributed by atoms with Crippen molar-refractivity contribution in [3.63, 3.8) is 0 Å². The van der Waals surface area contributed by atoms with Gasteiger partial charge >= 0.3 is 6.18 Å². The number of halogens is 3. The normalized spacial score (nSPS) is 11.8. The number of carbonyl (C=O) groups excluding carboxylic acids is 1. The monoisotopic (exact) mass is 296 g/mol. The highest BCUT2D eigenvalue weighted by molar-refractivity contribution is 6.11. The summed E-state index contributed by atoms with van der Waals surface area (Å²) in [6.45, 7) is 4.97. The predicted octanol–water partition coefficient (Wildman–Crippen LogP) is 3.60. The van der Waals surface area contributed by atoms with Crippen LogP contribution in [-0.4, -0.2) is 15.6 Å². The summed E-state index contributed by atoms with van der Waals surface area (Å²) in [5.41, 5.74) is 1.52. The molecule has 0 spiro atoms. The number of rotatable bonds is 2. The van der Waals surface area contributed by atoms with Gasteiger partial charge in [0, 0.05) is 18.3 Å². The second-order valence-electron chi connectivity index (χ2n) is 5.03. The molecule has 2 aromatic rings. The molecule has 0 aliphatic rings. The molecule has 0 saturated heterocycles. The van der Waals surface area contributed by atoms with Gasteiger partial charge in [0.1, 0.15) is 0 Å². The maximum atomic E-state index is 12.7. The third-order valence-corrected chi connectivity index (χ3v) is 3.53. The first kappa shape index (κ1) is 15.3. The van der Waals surface area contributed by atoms with Gasteiger partial charge in [-0.1, -0.05) is 6.07 Å². The van der Waals surface area contributed by atoms with Gasteiger partial charge in [-0.05, 0) is 38.5 Å². The summed E-state index contributed by atoms with van der Waals surface area (Å²) in [6, 6.07) is 3.15. The summed E-state index contributed by atoms with van der Waals surface area (Å²) < 4.78 is 39.6. The topological polar surface area (TPSA) is 34.9 Å². The lowest BCUT2D eigenvalue weighted by atomic mass is 9.96. The second-order valence-corrected chi connectivity index (χ2v) is 5.03. The van der Waals surface area contributed by atoms with Gasteiger partial charge in [0.05, 0.1) is 16.8 Å². The van der Waals surface area contributed by atoms with Crippen molar-refractivity contribution in [3.8, 4) is 0 Å². The molecule has 0 fully saturated rings. The number of hydrogen-bond acceptors (Lipinski definition) is 2. The fraction of sp³-hybridized carbons (Fsp3) is 0.333. The van der Waals surface area contributed by atoms with E-state index in [1.807, 2.05) is 0 Å². The van der Waals surface area contributed by atoms with Crippen LogP contribution in [0.15, 0.2) is 18.2 Å². The molecule has 0 bridgehead atoms. The lowest BCUT2D eigenvalue weighted by molar-refractivity contribution is -0.137. The van der Waals surface area contributed by atoms with Crippen LogP contribution >= 0.6 is 0 Å². The Balaban J connectivity index is 2.50. The van der Waals surface area contributed by atoms with Crippen LogP contribution in [0.25, 0.3) is 0 Å². The molecule has 0 unspecified atom stereocenters. The summed E-state index contributed by atoms with van der Waals surface area (Å²) in [5.74, 6) is -0.302. The zero-order valence-corrected chi connectivity index (χ0v) is 12.2. The zero-order valence-electron chi connectivity index (χ0n) is 12.2. The number of hydrogen-bond donors (Lipinski definition) is 0. The van der Waals surface area contributed by atoms with Crippen molar-refractivity contribution in [1.29, 1.82) is 0 Å². The van der Waals surface area contributed by atoms with Crippen LogP contribution in [-0.2, 0) is 13.2 Å². The van der Waals surface area contributed by atoms with Crippen molar-refractivity contribution in [2.45, 2.75) is 26.9 Å². The summed E-state index contributed by atoms with van der Waals surface area (Å²) >= 11 is 0. The minimum Gasteiger partial charge on any atom is -0.288 e. The number of alkyl halides is 3. The van der Waals surface area contributed by atoms with Crippen molar-refractivity contribution in [2.24, 2.45) is 7.05 Å². The van der Waals surface area contributed by atoms with E-state index in [9.17, 15) is 18.0 Å². The Morgan fingerprint density at radius 3 is 2.24 bits per heavy atom. The fourth-order valence-electron chi connectivity index (χ4n) is 2.33. The summed E-state index contributed by atoms with van der Waals surface area (Å²) in [4.78, 5) is 12.5. The van der Waals surface area contributed by atoms with Crippen LogP contribution in [0.3, 0.4) is 0 Å². The molecule has 1 heterocycles. The van der Waals surface area contributed by atoms with E-state index in [-0.39, 0.29) is 11.3 Å². The highest BCUT2D eigenvalue weighted by Crippen LogP contribution is 2.31. The molecule has 2 rings (SSSR count). The van der Waals surface area contributed by atoms with E-state index in [2.05, 4.69) is 5.10 Å². The van der Waals surface area contributed by atoms with Crippen LogP contribution in [0.2, 0.25) is 0 Å². The van der Waals surface area contributed by atoms with Crippen molar-refractivity contribution in [2.75, 3.05) is 0 Å². The molecule has 0 amide bonds. The van der Waals surface area contributed by atoms with Gasteiger partial charge in [0.25, 0.3) is 0 Å². The Kier molecular flexibility index (Phi) is 3.65. The minimum absolute atomic E-state index is 0.266. The largest absolute Gasteiger partial charge is 0.416 e. The van der Waals surface area contributed by atoms with E-state index in [1.54, 1.807) is 25.6 Å². The Labute approximate surface area is 120 Å². The summed E-state index contributed by atoms with van der Waals surface area (Å²) in [6.07, 6.45) is -4.41. The average molecular weight is 296 g/mol. The molecule has 21 heavy (non-hydrogen) atoms. The first-order valence-electron chi connectivity index (χ1n) is 6.35. The molecule has 0 N–H and O–H groups in total. The van der Waals surface area contributed by atoms with Gasteiger partial charge in [-0.15, -0.1) is 0 Å². The molecule has 0 atom stereocenters. The van der Waals surface area contributed by atoms with E-state index < -0.39 is 11.7 Å². The lowest BCUT2D eigenvalue weighted by Gasteiger charge is -2.10. The first-order chi connectivity index (χ1) is 9.62. The predicted molar refractivity (Wildman–Crippen MR) is 72.3 cm³/mol. The van der Waals surface area contributed by atoms with E-state index in [0.29, 0.717) is 22.5 Å². The summed E-state index contributed by atoms with van der Waals surface area (Å²) in [5, 5.41) is 4.16. The zero-order chi connectivity index (χ0) is 15.9. The summed E-state index contributed by atoms with van der Waals surface area (Å²) in [7, 11) is 1.72. The van der Waals surface area contributed by atoms with Crippen LogP contribution in [0, 0.1) is 20.8 Å². The Morgan fingerprint density at radius 2 is 1.81 bits per heavy atom. The number of carbonyl (C=O) groups is 1. The Morgan fingerprint density at radius 1 is 1.19 bits per heavy atom. The molecule has 1 aromatic carbocycles. The number of ketones is 1. The number of aryl methyl sites for hydroxylation is 3. The highest BCUT2D eigenvalue weighted by Gasteiger charge is 2.31. The molecule has 1 aromatic heterocycles. The quantitative estimate of drug-likeness (QED) is 0.794. The molecule has 3 nitrogen and oxygen atoms in total. The van der Waals surface area contributed by atoms with Gasteiger partial charge in [-0.25, -0.2) is 0 Å². The molecule has 0 aliphatic carbocycles. The van der Waals surface area contributed by atoms with Crippen LogP contribution in [0.1, 0.15) is 38.4 Å². The van der Waals surface area contributed by atoms with Crippen molar-refractivity contribution >= 4 is 5.78 Å². The molecule has 0 saturated carbocycles. The van der Waals surface area contributed by atoms with E-state index in [1.165, 1.54) is 13.0 Å². The molecule has 6 heteroatoms. The van der Waals surface area contributed by atoms with Gasteiger partial charge in [-0.2, -0.15) is 18.3 Å². The molecular weight excluding hydrogens is 281 g/mol. The highest BCUT2D eigenvalue weighted by atomic mass is 19.4. The van der Waals surface area contributed by atoms with Crippen molar-refractivity contribution in [3.05, 3.63) is 51.8 Å². The maximum Gasteiger partial charge on any atom is 0.416 e. The SMILES string of the molecule is Cc1cc(C(F)(F)F)ccc1C(=O)c1c(C)nn(C)c1C. The third-order valence-electron chi connectivity index (χ3n) is 3.53. The average Bonchev–Trinajstić information content (AvgIpc) is 2.61. The number of aromatic nitrogens is 2. The maximum absolute atomic E-state index is 12.7.